The van der Waals surface area contributed by atoms with Crippen LogP contribution in [-0.4, -0.2) is 35.7 Å². The second-order valence-corrected chi connectivity index (χ2v) is 3.63. The van der Waals surface area contributed by atoms with E-state index in [4.69, 9.17) is 5.11 Å². The number of likely N-dealkylation sites (N-methyl/N-ethyl adjacent to an activating group) is 1. The first-order chi connectivity index (χ1) is 4.61. The van der Waals surface area contributed by atoms with Gasteiger partial charge < -0.3 is 5.11 Å². The molecule has 2 heteroatoms. The van der Waals surface area contributed by atoms with Gasteiger partial charge >= 0.3 is 0 Å². The van der Waals surface area contributed by atoms with Crippen molar-refractivity contribution in [1.29, 1.82) is 0 Å². The third kappa shape index (κ3) is 0.956. The molecule has 0 amide bonds. The van der Waals surface area contributed by atoms with E-state index in [-0.39, 0.29) is 12.1 Å². The summed E-state index contributed by atoms with van der Waals surface area (Å²) in [6.45, 7) is 5.74. The molecule has 1 aliphatic rings. The first kappa shape index (κ1) is 8.02. The predicted octanol–water partition coefficient (Wildman–Crippen LogP) is 0.709. The fourth-order valence-corrected chi connectivity index (χ4v) is 1.61. The summed E-state index contributed by atoms with van der Waals surface area (Å²) in [5.41, 5.74) is 0.0417. The third-order valence-electron chi connectivity index (χ3n) is 3.15. The van der Waals surface area contributed by atoms with Crippen molar-refractivity contribution in [1.82, 2.24) is 4.90 Å². The molecule has 1 aliphatic heterocycles. The second kappa shape index (κ2) is 2.51. The molecule has 1 heterocycles. The lowest BCUT2D eigenvalue weighted by molar-refractivity contribution is 0.0729. The Hall–Kier alpha value is -0.0800. The summed E-state index contributed by atoms with van der Waals surface area (Å²) < 4.78 is 0. The summed E-state index contributed by atoms with van der Waals surface area (Å²) >= 11 is 0. The average molecular weight is 143 g/mol. The van der Waals surface area contributed by atoms with Crippen LogP contribution in [0.25, 0.3) is 0 Å². The highest BCUT2D eigenvalue weighted by Crippen LogP contribution is 2.32. The minimum atomic E-state index is 0.0417. The van der Waals surface area contributed by atoms with E-state index in [9.17, 15) is 0 Å². The van der Waals surface area contributed by atoms with Crippen molar-refractivity contribution < 1.29 is 5.11 Å². The maximum atomic E-state index is 9.12. The van der Waals surface area contributed by atoms with Crippen LogP contribution in [0.15, 0.2) is 0 Å². The molecule has 0 saturated carbocycles. The Morgan fingerprint density at radius 1 is 1.70 bits per heavy atom. The molecule has 0 aromatic heterocycles. The molecule has 0 aromatic rings. The number of nitrogens with zero attached hydrogens (tertiary/aromatic N) is 1. The van der Waals surface area contributed by atoms with E-state index < -0.39 is 0 Å². The molecule has 1 fully saturated rings. The lowest BCUT2D eigenvalue weighted by Crippen LogP contribution is -2.45. The van der Waals surface area contributed by atoms with Crippen LogP contribution >= 0.6 is 0 Å². The zero-order valence-electron chi connectivity index (χ0n) is 7.09. The topological polar surface area (TPSA) is 23.5 Å². The fourth-order valence-electron chi connectivity index (χ4n) is 1.61. The van der Waals surface area contributed by atoms with Crippen molar-refractivity contribution in [2.45, 2.75) is 25.8 Å². The van der Waals surface area contributed by atoms with Crippen molar-refractivity contribution in [3.63, 3.8) is 0 Å². The molecule has 1 rings (SSSR count). The van der Waals surface area contributed by atoms with Crippen molar-refractivity contribution in [3.8, 4) is 0 Å². The van der Waals surface area contributed by atoms with Gasteiger partial charge in [0.2, 0.25) is 0 Å². The SMILES string of the molecule is C[C@H]1CCN(C)[C@@]1(C)CO. The van der Waals surface area contributed by atoms with Crippen molar-refractivity contribution in [3.05, 3.63) is 0 Å². The Kier molecular flexibility index (Phi) is 2.02. The van der Waals surface area contributed by atoms with E-state index in [2.05, 4.69) is 25.8 Å². The highest BCUT2D eigenvalue weighted by atomic mass is 16.3. The predicted molar refractivity (Wildman–Crippen MR) is 41.9 cm³/mol. The van der Waals surface area contributed by atoms with Gasteiger partial charge in [0.1, 0.15) is 0 Å². The van der Waals surface area contributed by atoms with Crippen LogP contribution in [0.5, 0.6) is 0 Å². The molecular formula is C8H17NO. The van der Waals surface area contributed by atoms with E-state index in [0.29, 0.717) is 5.92 Å². The minimum Gasteiger partial charge on any atom is -0.394 e. The maximum absolute atomic E-state index is 9.12. The van der Waals surface area contributed by atoms with Gasteiger partial charge in [0, 0.05) is 5.54 Å². The van der Waals surface area contributed by atoms with Crippen LogP contribution in [0.4, 0.5) is 0 Å². The van der Waals surface area contributed by atoms with E-state index in [1.165, 1.54) is 6.42 Å². The van der Waals surface area contributed by atoms with Crippen molar-refractivity contribution in [2.24, 2.45) is 5.92 Å². The quantitative estimate of drug-likeness (QED) is 0.584. The lowest BCUT2D eigenvalue weighted by atomic mass is 9.89. The Labute approximate surface area is 62.8 Å². The van der Waals surface area contributed by atoms with E-state index >= 15 is 0 Å². The van der Waals surface area contributed by atoms with Crippen molar-refractivity contribution >= 4 is 0 Å². The summed E-state index contributed by atoms with van der Waals surface area (Å²) in [7, 11) is 2.08. The van der Waals surface area contributed by atoms with Crippen LogP contribution in [0.1, 0.15) is 20.3 Å². The van der Waals surface area contributed by atoms with Gasteiger partial charge in [-0.25, -0.2) is 0 Å². The first-order valence-electron chi connectivity index (χ1n) is 3.93. The normalized spacial score (nSPS) is 42.6. The molecule has 2 nitrogen and oxygen atoms in total. The molecule has 1 N–H and O–H groups in total. The summed E-state index contributed by atoms with van der Waals surface area (Å²) in [5, 5.41) is 9.12. The highest BCUT2D eigenvalue weighted by molar-refractivity contribution is 4.94. The third-order valence-corrected chi connectivity index (χ3v) is 3.15. The van der Waals surface area contributed by atoms with Crippen LogP contribution in [0.2, 0.25) is 0 Å². The van der Waals surface area contributed by atoms with Gasteiger partial charge in [-0.15, -0.1) is 0 Å². The zero-order valence-corrected chi connectivity index (χ0v) is 7.09. The molecule has 0 spiro atoms. The average Bonchev–Trinajstić information content (AvgIpc) is 2.18. The second-order valence-electron chi connectivity index (χ2n) is 3.63. The van der Waals surface area contributed by atoms with Crippen molar-refractivity contribution in [2.75, 3.05) is 20.2 Å². The zero-order chi connectivity index (χ0) is 7.78. The molecule has 0 aliphatic carbocycles. The largest absolute Gasteiger partial charge is 0.394 e. The highest BCUT2D eigenvalue weighted by Gasteiger charge is 2.39. The van der Waals surface area contributed by atoms with Gasteiger partial charge in [-0.1, -0.05) is 6.92 Å². The van der Waals surface area contributed by atoms with Gasteiger partial charge in [0.25, 0.3) is 0 Å². The number of hydrogen-bond donors (Lipinski definition) is 1. The Balaban J connectivity index is 2.70. The monoisotopic (exact) mass is 143 g/mol. The summed E-state index contributed by atoms with van der Waals surface area (Å²) in [4.78, 5) is 2.25. The van der Waals surface area contributed by atoms with Crippen LogP contribution in [0.3, 0.4) is 0 Å². The fraction of sp³-hybridized carbons (Fsp3) is 1.00. The van der Waals surface area contributed by atoms with Gasteiger partial charge in [-0.3, -0.25) is 4.90 Å². The summed E-state index contributed by atoms with van der Waals surface area (Å²) in [5.74, 6) is 0.627. The number of likely N-dealkylation sites (tertiary alicyclic amines) is 1. The molecule has 0 bridgehead atoms. The number of aliphatic hydroxyl groups is 1. The number of hydrogen-bond acceptors (Lipinski definition) is 2. The van der Waals surface area contributed by atoms with Gasteiger partial charge in [-0.2, -0.15) is 0 Å². The standard InChI is InChI=1S/C8H17NO/c1-7-4-5-9(3)8(7,2)6-10/h7,10H,4-6H2,1-3H3/t7-,8-/m0/s1. The molecule has 10 heavy (non-hydrogen) atoms. The lowest BCUT2D eigenvalue weighted by Gasteiger charge is -2.33. The minimum absolute atomic E-state index is 0.0417. The molecular weight excluding hydrogens is 126 g/mol. The molecule has 0 unspecified atom stereocenters. The van der Waals surface area contributed by atoms with Crippen LogP contribution < -0.4 is 0 Å². The molecule has 60 valence electrons. The molecule has 0 radical (unpaired) electrons. The Morgan fingerprint density at radius 3 is 2.50 bits per heavy atom. The smallest absolute Gasteiger partial charge is 0.0615 e. The van der Waals surface area contributed by atoms with Gasteiger partial charge in [0.05, 0.1) is 6.61 Å². The summed E-state index contributed by atoms with van der Waals surface area (Å²) in [6, 6.07) is 0. The van der Waals surface area contributed by atoms with E-state index in [0.717, 1.165) is 6.54 Å². The number of rotatable bonds is 1. The van der Waals surface area contributed by atoms with Crippen LogP contribution in [0, 0.1) is 5.92 Å². The Morgan fingerprint density at radius 2 is 2.30 bits per heavy atom. The maximum Gasteiger partial charge on any atom is 0.0615 e. The molecule has 1 saturated heterocycles. The molecule has 2 atom stereocenters. The summed E-state index contributed by atoms with van der Waals surface area (Å²) in [6.07, 6.45) is 1.22. The van der Waals surface area contributed by atoms with E-state index in [1.807, 2.05) is 0 Å². The van der Waals surface area contributed by atoms with Gasteiger partial charge in [0.15, 0.2) is 0 Å². The van der Waals surface area contributed by atoms with Gasteiger partial charge in [-0.05, 0) is 32.9 Å². The molecule has 0 aromatic carbocycles. The van der Waals surface area contributed by atoms with E-state index in [1.54, 1.807) is 0 Å². The number of aliphatic hydroxyl groups excluding tert-OH is 1. The Bertz CT molecular complexity index is 114. The first-order valence-corrected chi connectivity index (χ1v) is 3.93. The van der Waals surface area contributed by atoms with Crippen LogP contribution in [-0.2, 0) is 0 Å².